The fraction of sp³-hybridized carbons (Fsp3) is 0.250. The van der Waals surface area contributed by atoms with Gasteiger partial charge in [-0.3, -0.25) is 9.59 Å². The topological polar surface area (TPSA) is 107 Å². The number of hydrogen-bond donors (Lipinski definition) is 1. The number of amides is 2. The molecule has 2 aromatic carbocycles. The Hall–Kier alpha value is -3.67. The molecule has 0 saturated carbocycles. The normalized spacial score (nSPS) is 10.7. The van der Waals surface area contributed by atoms with Crippen LogP contribution in [0.5, 0.6) is 11.5 Å². The van der Waals surface area contributed by atoms with Crippen molar-refractivity contribution >= 4 is 52.2 Å². The summed E-state index contributed by atoms with van der Waals surface area (Å²) in [4.78, 5) is 41.5. The lowest BCUT2D eigenvalue weighted by atomic mass is 10.2. The Morgan fingerprint density at radius 1 is 1.00 bits per heavy atom. The minimum Gasteiger partial charge on any atom is -0.497 e. The number of halogens is 1. The number of carbonyl (C=O) groups is 2. The molecule has 0 bridgehead atoms. The molecule has 9 nitrogen and oxygen atoms in total. The van der Waals surface area contributed by atoms with Crippen LogP contribution in [0.25, 0.3) is 11.3 Å². The molecule has 0 aliphatic carbocycles. The summed E-state index contributed by atoms with van der Waals surface area (Å²) in [5.41, 5.74) is 3.80. The van der Waals surface area contributed by atoms with Crippen molar-refractivity contribution < 1.29 is 19.1 Å². The SMILES string of the molecule is COc1ccc(NC(=O)CN(Cc2nc(-c3ccc(Cl)cc3)cs2)C(=O)CSc2nc(C)cc(C)n2)c(OC)c1. The van der Waals surface area contributed by atoms with Gasteiger partial charge in [0.1, 0.15) is 23.1 Å². The third-order valence-electron chi connectivity index (χ3n) is 5.67. The van der Waals surface area contributed by atoms with E-state index in [1.165, 1.54) is 35.1 Å². The Kier molecular flexibility index (Phi) is 9.97. The van der Waals surface area contributed by atoms with Gasteiger partial charge in [-0.1, -0.05) is 35.5 Å². The van der Waals surface area contributed by atoms with Crippen molar-refractivity contribution in [1.29, 1.82) is 0 Å². The van der Waals surface area contributed by atoms with E-state index in [-0.39, 0.29) is 30.7 Å². The molecule has 40 heavy (non-hydrogen) atoms. The molecular formula is C28H28ClN5O4S2. The summed E-state index contributed by atoms with van der Waals surface area (Å²) >= 11 is 8.67. The van der Waals surface area contributed by atoms with Gasteiger partial charge in [0.25, 0.3) is 0 Å². The number of nitrogens with zero attached hydrogens (tertiary/aromatic N) is 4. The van der Waals surface area contributed by atoms with Crippen LogP contribution >= 0.6 is 34.7 Å². The van der Waals surface area contributed by atoms with Crippen LogP contribution in [0.1, 0.15) is 16.4 Å². The first-order valence-electron chi connectivity index (χ1n) is 12.2. The van der Waals surface area contributed by atoms with Crippen LogP contribution in [0.2, 0.25) is 5.02 Å². The summed E-state index contributed by atoms with van der Waals surface area (Å²) in [6.07, 6.45) is 0. The summed E-state index contributed by atoms with van der Waals surface area (Å²) in [6, 6.07) is 14.3. The number of methoxy groups -OCH3 is 2. The van der Waals surface area contributed by atoms with Crippen molar-refractivity contribution in [3.8, 4) is 22.8 Å². The number of thiazole rings is 1. The molecule has 4 aromatic rings. The summed E-state index contributed by atoms with van der Waals surface area (Å²) in [7, 11) is 3.06. The smallest absolute Gasteiger partial charge is 0.244 e. The van der Waals surface area contributed by atoms with Gasteiger partial charge in [0.2, 0.25) is 11.8 Å². The van der Waals surface area contributed by atoms with Crippen LogP contribution in [0.3, 0.4) is 0 Å². The van der Waals surface area contributed by atoms with Crippen LogP contribution in [-0.4, -0.2) is 58.2 Å². The highest BCUT2D eigenvalue weighted by molar-refractivity contribution is 7.99. The van der Waals surface area contributed by atoms with Crippen molar-refractivity contribution in [2.45, 2.75) is 25.5 Å². The molecule has 12 heteroatoms. The molecule has 1 N–H and O–H groups in total. The maximum atomic E-state index is 13.4. The van der Waals surface area contributed by atoms with Crippen LogP contribution in [0, 0.1) is 13.8 Å². The largest absolute Gasteiger partial charge is 0.497 e. The quantitative estimate of drug-likeness (QED) is 0.175. The number of rotatable bonds is 11. The highest BCUT2D eigenvalue weighted by Crippen LogP contribution is 2.29. The van der Waals surface area contributed by atoms with E-state index in [1.807, 2.05) is 37.4 Å². The summed E-state index contributed by atoms with van der Waals surface area (Å²) in [6.45, 7) is 3.74. The van der Waals surface area contributed by atoms with Crippen molar-refractivity contribution in [2.24, 2.45) is 0 Å². The van der Waals surface area contributed by atoms with Gasteiger partial charge in [-0.15, -0.1) is 11.3 Å². The summed E-state index contributed by atoms with van der Waals surface area (Å²) in [5, 5.41) is 6.60. The molecular weight excluding hydrogens is 570 g/mol. The van der Waals surface area contributed by atoms with Gasteiger partial charge in [0.05, 0.1) is 37.9 Å². The first kappa shape index (κ1) is 29.3. The van der Waals surface area contributed by atoms with E-state index in [0.717, 1.165) is 22.6 Å². The third-order valence-corrected chi connectivity index (χ3v) is 7.59. The zero-order chi connectivity index (χ0) is 28.6. The molecule has 0 radical (unpaired) electrons. The van der Waals surface area contributed by atoms with Gasteiger partial charge < -0.3 is 19.7 Å². The van der Waals surface area contributed by atoms with Crippen molar-refractivity contribution in [3.63, 3.8) is 0 Å². The highest BCUT2D eigenvalue weighted by atomic mass is 35.5. The van der Waals surface area contributed by atoms with Crippen LogP contribution in [-0.2, 0) is 16.1 Å². The van der Waals surface area contributed by atoms with Crippen LogP contribution in [0.15, 0.2) is 59.1 Å². The lowest BCUT2D eigenvalue weighted by Crippen LogP contribution is -2.38. The zero-order valence-corrected chi connectivity index (χ0v) is 24.8. The first-order valence-corrected chi connectivity index (χ1v) is 14.4. The lowest BCUT2D eigenvalue weighted by molar-refractivity contribution is -0.132. The lowest BCUT2D eigenvalue weighted by Gasteiger charge is -2.21. The van der Waals surface area contributed by atoms with Crippen LogP contribution < -0.4 is 14.8 Å². The van der Waals surface area contributed by atoms with E-state index in [1.54, 1.807) is 37.4 Å². The number of thioether (sulfide) groups is 1. The number of anilines is 1. The molecule has 2 aromatic heterocycles. The van der Waals surface area contributed by atoms with E-state index in [9.17, 15) is 9.59 Å². The fourth-order valence-corrected chi connectivity index (χ4v) is 5.57. The molecule has 0 saturated heterocycles. The van der Waals surface area contributed by atoms with Gasteiger partial charge in [0.15, 0.2) is 5.16 Å². The van der Waals surface area contributed by atoms with E-state index in [0.29, 0.717) is 32.4 Å². The van der Waals surface area contributed by atoms with Crippen molar-refractivity contribution in [3.05, 3.63) is 75.3 Å². The molecule has 2 amide bonds. The Morgan fingerprint density at radius 2 is 1.73 bits per heavy atom. The second-order valence-corrected chi connectivity index (χ2v) is 11.0. The Morgan fingerprint density at radius 3 is 2.40 bits per heavy atom. The minimum atomic E-state index is -0.376. The number of aromatic nitrogens is 3. The second-order valence-electron chi connectivity index (χ2n) is 8.72. The van der Waals surface area contributed by atoms with Gasteiger partial charge in [-0.2, -0.15) is 0 Å². The fourth-order valence-electron chi connectivity index (χ4n) is 3.77. The minimum absolute atomic E-state index is 0.0669. The summed E-state index contributed by atoms with van der Waals surface area (Å²) in [5.74, 6) is 0.488. The molecule has 0 atom stereocenters. The zero-order valence-electron chi connectivity index (χ0n) is 22.4. The molecule has 0 aliphatic rings. The van der Waals surface area contributed by atoms with Gasteiger partial charge >= 0.3 is 0 Å². The third kappa shape index (κ3) is 7.93. The molecule has 208 valence electrons. The summed E-state index contributed by atoms with van der Waals surface area (Å²) < 4.78 is 10.6. The van der Waals surface area contributed by atoms with Crippen molar-refractivity contribution in [1.82, 2.24) is 19.9 Å². The first-order chi connectivity index (χ1) is 19.2. The van der Waals surface area contributed by atoms with E-state index in [4.69, 9.17) is 26.1 Å². The van der Waals surface area contributed by atoms with Crippen LogP contribution in [0.4, 0.5) is 5.69 Å². The monoisotopic (exact) mass is 597 g/mol. The Balaban J connectivity index is 1.51. The predicted molar refractivity (Wildman–Crippen MR) is 158 cm³/mol. The average molecular weight is 598 g/mol. The van der Waals surface area contributed by atoms with Gasteiger partial charge in [-0.05, 0) is 44.2 Å². The second kappa shape index (κ2) is 13.6. The number of carbonyl (C=O) groups excluding carboxylic acids is 2. The number of nitrogens with one attached hydrogen (secondary N) is 1. The van der Waals surface area contributed by atoms with E-state index in [2.05, 4.69) is 15.3 Å². The average Bonchev–Trinajstić information content (AvgIpc) is 3.40. The standard InChI is InChI=1S/C28H28ClN5O4S2/c1-17-11-18(2)31-28(30-17)40-16-27(36)34(13-25(35)32-22-10-9-21(37-3)12-24(22)38-4)14-26-33-23(15-39-26)19-5-7-20(29)8-6-19/h5-12,15H,13-14,16H2,1-4H3,(H,32,35). The number of hydrogen-bond acceptors (Lipinski definition) is 9. The number of aryl methyl sites for hydroxylation is 2. The molecule has 2 heterocycles. The highest BCUT2D eigenvalue weighted by Gasteiger charge is 2.21. The van der Waals surface area contributed by atoms with E-state index < -0.39 is 0 Å². The predicted octanol–water partition coefficient (Wildman–Crippen LogP) is 5.65. The van der Waals surface area contributed by atoms with Crippen molar-refractivity contribution in [2.75, 3.05) is 31.8 Å². The van der Waals surface area contributed by atoms with Gasteiger partial charge in [-0.25, -0.2) is 15.0 Å². The number of ether oxygens (including phenoxy) is 2. The number of benzene rings is 2. The van der Waals surface area contributed by atoms with E-state index >= 15 is 0 Å². The molecule has 0 unspecified atom stereocenters. The Labute approximate surface area is 245 Å². The molecule has 4 rings (SSSR count). The van der Waals surface area contributed by atoms with Gasteiger partial charge in [0, 0.05) is 33.4 Å². The molecule has 0 fully saturated rings. The maximum absolute atomic E-state index is 13.4. The maximum Gasteiger partial charge on any atom is 0.244 e. The Bertz CT molecular complexity index is 1480. The molecule has 0 spiro atoms. The molecule has 0 aliphatic heterocycles.